The molecule has 0 aromatic carbocycles. The summed E-state index contributed by atoms with van der Waals surface area (Å²) in [6.45, 7) is 5.29. The highest BCUT2D eigenvalue weighted by Crippen LogP contribution is 2.07. The van der Waals surface area contributed by atoms with E-state index >= 15 is 0 Å². The Morgan fingerprint density at radius 1 is 0.933 bits per heavy atom. The highest BCUT2D eigenvalue weighted by atomic mass is 16.5. The standard InChI is InChI=1S/C12H26O3/c1-3-5-9-15-10-12(14)8-7-11(13)6-4-2/h11-14H,3-10H2,1-2H3. The van der Waals surface area contributed by atoms with Crippen molar-refractivity contribution in [3.8, 4) is 0 Å². The molecule has 3 heteroatoms. The topological polar surface area (TPSA) is 49.7 Å². The lowest BCUT2D eigenvalue weighted by Crippen LogP contribution is -2.18. The Bertz CT molecular complexity index is 128. The maximum atomic E-state index is 9.53. The van der Waals surface area contributed by atoms with E-state index in [4.69, 9.17) is 4.74 Å². The molecule has 0 fully saturated rings. The van der Waals surface area contributed by atoms with Crippen molar-refractivity contribution in [1.29, 1.82) is 0 Å². The van der Waals surface area contributed by atoms with Crippen LogP contribution in [0.1, 0.15) is 52.4 Å². The molecule has 0 heterocycles. The molecule has 0 saturated heterocycles. The van der Waals surface area contributed by atoms with E-state index in [1.807, 2.05) is 6.92 Å². The summed E-state index contributed by atoms with van der Waals surface area (Å²) in [5, 5.41) is 19.0. The summed E-state index contributed by atoms with van der Waals surface area (Å²) in [4.78, 5) is 0. The molecule has 0 rings (SSSR count). The largest absolute Gasteiger partial charge is 0.393 e. The third-order valence-corrected chi connectivity index (χ3v) is 2.41. The van der Waals surface area contributed by atoms with Gasteiger partial charge < -0.3 is 14.9 Å². The minimum atomic E-state index is -0.423. The predicted octanol–water partition coefficient (Wildman–Crippen LogP) is 2.11. The summed E-state index contributed by atoms with van der Waals surface area (Å²) < 4.78 is 5.30. The van der Waals surface area contributed by atoms with Gasteiger partial charge in [0, 0.05) is 6.61 Å². The molecular formula is C12H26O3. The first-order chi connectivity index (χ1) is 7.20. The molecule has 2 unspecified atom stereocenters. The molecule has 0 spiro atoms. The van der Waals surface area contributed by atoms with E-state index in [-0.39, 0.29) is 6.10 Å². The molecule has 0 bridgehead atoms. The normalized spacial score (nSPS) is 15.2. The lowest BCUT2D eigenvalue weighted by molar-refractivity contribution is 0.0222. The van der Waals surface area contributed by atoms with Crippen molar-refractivity contribution in [1.82, 2.24) is 0 Å². The molecule has 92 valence electrons. The quantitative estimate of drug-likeness (QED) is 0.552. The van der Waals surface area contributed by atoms with Crippen LogP contribution in [0, 0.1) is 0 Å². The van der Waals surface area contributed by atoms with Crippen molar-refractivity contribution in [2.24, 2.45) is 0 Å². The summed E-state index contributed by atoms with van der Waals surface area (Å²) in [5.41, 5.74) is 0. The van der Waals surface area contributed by atoms with Gasteiger partial charge in [0.2, 0.25) is 0 Å². The van der Waals surface area contributed by atoms with Crippen molar-refractivity contribution in [2.75, 3.05) is 13.2 Å². The van der Waals surface area contributed by atoms with Crippen LogP contribution in [0.3, 0.4) is 0 Å². The molecule has 2 atom stereocenters. The summed E-state index contributed by atoms with van der Waals surface area (Å²) in [7, 11) is 0. The van der Waals surface area contributed by atoms with Crippen molar-refractivity contribution < 1.29 is 14.9 Å². The van der Waals surface area contributed by atoms with Gasteiger partial charge in [-0.1, -0.05) is 26.7 Å². The fourth-order valence-corrected chi connectivity index (χ4v) is 1.41. The van der Waals surface area contributed by atoms with Crippen LogP contribution in [0.25, 0.3) is 0 Å². The van der Waals surface area contributed by atoms with Crippen molar-refractivity contribution in [3.63, 3.8) is 0 Å². The van der Waals surface area contributed by atoms with Crippen LogP contribution in [0.2, 0.25) is 0 Å². The highest BCUT2D eigenvalue weighted by molar-refractivity contribution is 4.60. The Kier molecular flexibility index (Phi) is 10.3. The summed E-state index contributed by atoms with van der Waals surface area (Å²) in [5.74, 6) is 0. The molecule has 0 aromatic heterocycles. The van der Waals surface area contributed by atoms with Gasteiger partial charge in [-0.2, -0.15) is 0 Å². The van der Waals surface area contributed by atoms with Crippen molar-refractivity contribution in [3.05, 3.63) is 0 Å². The van der Waals surface area contributed by atoms with Crippen LogP contribution in [0.5, 0.6) is 0 Å². The molecule has 0 aromatic rings. The van der Waals surface area contributed by atoms with Gasteiger partial charge in [-0.25, -0.2) is 0 Å². The molecule has 0 saturated carbocycles. The second-order valence-electron chi connectivity index (χ2n) is 4.10. The van der Waals surface area contributed by atoms with Crippen molar-refractivity contribution >= 4 is 0 Å². The van der Waals surface area contributed by atoms with Crippen LogP contribution in [-0.2, 0) is 4.74 Å². The third-order valence-electron chi connectivity index (χ3n) is 2.41. The highest BCUT2D eigenvalue weighted by Gasteiger charge is 2.08. The fourth-order valence-electron chi connectivity index (χ4n) is 1.41. The van der Waals surface area contributed by atoms with Gasteiger partial charge >= 0.3 is 0 Å². The second-order valence-corrected chi connectivity index (χ2v) is 4.10. The Labute approximate surface area is 93.5 Å². The van der Waals surface area contributed by atoms with Crippen LogP contribution in [-0.4, -0.2) is 35.6 Å². The molecule has 0 amide bonds. The Morgan fingerprint density at radius 2 is 1.60 bits per heavy atom. The zero-order valence-electron chi connectivity index (χ0n) is 10.1. The number of hydrogen-bond donors (Lipinski definition) is 2. The number of aliphatic hydroxyl groups excluding tert-OH is 2. The van der Waals surface area contributed by atoms with E-state index < -0.39 is 6.10 Å². The zero-order valence-corrected chi connectivity index (χ0v) is 10.1. The minimum Gasteiger partial charge on any atom is -0.393 e. The van der Waals surface area contributed by atoms with E-state index in [0.29, 0.717) is 19.4 Å². The van der Waals surface area contributed by atoms with Gasteiger partial charge in [0.05, 0.1) is 18.8 Å². The zero-order chi connectivity index (χ0) is 11.5. The van der Waals surface area contributed by atoms with Crippen LogP contribution in [0.15, 0.2) is 0 Å². The average Bonchev–Trinajstić information content (AvgIpc) is 2.22. The second kappa shape index (κ2) is 10.4. The van der Waals surface area contributed by atoms with Gasteiger partial charge in [0.25, 0.3) is 0 Å². The Balaban J connectivity index is 3.28. The lowest BCUT2D eigenvalue weighted by Gasteiger charge is -2.13. The maximum Gasteiger partial charge on any atom is 0.0774 e. The number of rotatable bonds is 10. The molecule has 15 heavy (non-hydrogen) atoms. The molecule has 0 aliphatic heterocycles. The summed E-state index contributed by atoms with van der Waals surface area (Å²) in [6, 6.07) is 0. The summed E-state index contributed by atoms with van der Waals surface area (Å²) in [6.07, 6.45) is 4.59. The first-order valence-electron chi connectivity index (χ1n) is 6.14. The molecule has 0 radical (unpaired) electrons. The Morgan fingerprint density at radius 3 is 2.20 bits per heavy atom. The predicted molar refractivity (Wildman–Crippen MR) is 61.9 cm³/mol. The lowest BCUT2D eigenvalue weighted by atomic mass is 10.1. The van der Waals surface area contributed by atoms with Gasteiger partial charge in [-0.3, -0.25) is 0 Å². The number of aliphatic hydroxyl groups is 2. The fraction of sp³-hybridized carbons (Fsp3) is 1.00. The third kappa shape index (κ3) is 10.2. The average molecular weight is 218 g/mol. The van der Waals surface area contributed by atoms with E-state index in [2.05, 4.69) is 6.92 Å². The van der Waals surface area contributed by atoms with Gasteiger partial charge in [-0.15, -0.1) is 0 Å². The maximum absolute atomic E-state index is 9.53. The van der Waals surface area contributed by atoms with Crippen LogP contribution < -0.4 is 0 Å². The SMILES string of the molecule is CCCCOCC(O)CCC(O)CCC. The van der Waals surface area contributed by atoms with E-state index in [0.717, 1.165) is 32.3 Å². The molecular weight excluding hydrogens is 192 g/mol. The van der Waals surface area contributed by atoms with Crippen LogP contribution in [0.4, 0.5) is 0 Å². The Hall–Kier alpha value is -0.120. The number of unbranched alkanes of at least 4 members (excludes halogenated alkanes) is 1. The number of ether oxygens (including phenoxy) is 1. The number of hydrogen-bond acceptors (Lipinski definition) is 3. The van der Waals surface area contributed by atoms with E-state index in [1.165, 1.54) is 0 Å². The first kappa shape index (κ1) is 14.9. The smallest absolute Gasteiger partial charge is 0.0774 e. The molecule has 0 aliphatic rings. The molecule has 2 N–H and O–H groups in total. The van der Waals surface area contributed by atoms with Gasteiger partial charge in [0.15, 0.2) is 0 Å². The molecule has 0 aliphatic carbocycles. The van der Waals surface area contributed by atoms with Crippen LogP contribution >= 0.6 is 0 Å². The monoisotopic (exact) mass is 218 g/mol. The van der Waals surface area contributed by atoms with Gasteiger partial charge in [0.1, 0.15) is 0 Å². The van der Waals surface area contributed by atoms with Gasteiger partial charge in [-0.05, 0) is 25.7 Å². The van der Waals surface area contributed by atoms with Crippen molar-refractivity contribution in [2.45, 2.75) is 64.6 Å². The molecule has 3 nitrogen and oxygen atoms in total. The van der Waals surface area contributed by atoms with E-state index in [9.17, 15) is 10.2 Å². The minimum absolute atomic E-state index is 0.264. The first-order valence-corrected chi connectivity index (χ1v) is 6.14. The van der Waals surface area contributed by atoms with E-state index in [1.54, 1.807) is 0 Å². The summed E-state index contributed by atoms with van der Waals surface area (Å²) >= 11 is 0.